The first-order valence-corrected chi connectivity index (χ1v) is 9.87. The van der Waals surface area contributed by atoms with Crippen molar-refractivity contribution in [2.45, 2.75) is 31.9 Å². The molecule has 0 amide bonds. The quantitative estimate of drug-likeness (QED) is 0.687. The first-order chi connectivity index (χ1) is 13.5. The van der Waals surface area contributed by atoms with Crippen LogP contribution in [0.1, 0.15) is 36.0 Å². The average Bonchev–Trinajstić information content (AvgIpc) is 2.72. The molecule has 0 bridgehead atoms. The van der Waals surface area contributed by atoms with E-state index in [4.69, 9.17) is 0 Å². The van der Waals surface area contributed by atoms with E-state index in [-0.39, 0.29) is 12.4 Å². The number of benzene rings is 2. The van der Waals surface area contributed by atoms with Crippen molar-refractivity contribution >= 4 is 30.1 Å². The summed E-state index contributed by atoms with van der Waals surface area (Å²) in [5, 5.41) is 2.68. The molecule has 5 heteroatoms. The zero-order valence-electron chi connectivity index (χ0n) is 16.2. The Hall–Kier alpha value is -2.04. The van der Waals surface area contributed by atoms with Crippen LogP contribution in [0.4, 0.5) is 13.2 Å². The molecule has 0 spiro atoms. The maximum Gasteiger partial charge on any atom is 0.416 e. The molecule has 1 aliphatic heterocycles. The molecule has 1 heterocycles. The third-order valence-corrected chi connectivity index (χ3v) is 5.62. The van der Waals surface area contributed by atoms with Crippen molar-refractivity contribution in [1.82, 2.24) is 4.90 Å². The average molecular weight is 420 g/mol. The van der Waals surface area contributed by atoms with E-state index in [1.807, 2.05) is 0 Å². The maximum atomic E-state index is 12.9. The van der Waals surface area contributed by atoms with Crippen LogP contribution in [0.5, 0.6) is 0 Å². The van der Waals surface area contributed by atoms with Crippen LogP contribution in [0.2, 0.25) is 0 Å². The van der Waals surface area contributed by atoms with Crippen LogP contribution < -0.4 is 10.4 Å². The molecule has 2 aromatic carbocycles. The lowest BCUT2D eigenvalue weighted by Gasteiger charge is -2.26. The fraction of sp³-hybridized carbons (Fsp3) is 0.333. The van der Waals surface area contributed by atoms with E-state index >= 15 is 0 Å². The molecule has 0 saturated carbocycles. The molecule has 0 fully saturated rings. The third-order valence-electron chi connectivity index (χ3n) is 5.62. The van der Waals surface area contributed by atoms with Gasteiger partial charge in [-0.3, -0.25) is 4.90 Å². The van der Waals surface area contributed by atoms with Crippen LogP contribution in [0.15, 0.2) is 48.5 Å². The first-order valence-electron chi connectivity index (χ1n) is 9.87. The molecule has 2 aromatic rings. The van der Waals surface area contributed by atoms with Crippen LogP contribution in [0.3, 0.4) is 0 Å². The molecular formula is C24H25ClF3N. The number of rotatable bonds is 4. The lowest BCUT2D eigenvalue weighted by Crippen LogP contribution is -2.31. The van der Waals surface area contributed by atoms with Crippen LogP contribution in [0, 0.1) is 0 Å². The van der Waals surface area contributed by atoms with Gasteiger partial charge in [-0.15, -0.1) is 12.4 Å². The molecule has 29 heavy (non-hydrogen) atoms. The Morgan fingerprint density at radius 3 is 2.41 bits per heavy atom. The molecule has 0 atom stereocenters. The monoisotopic (exact) mass is 419 g/mol. The normalized spacial score (nSPS) is 16.7. The van der Waals surface area contributed by atoms with Crippen molar-refractivity contribution in [2.75, 3.05) is 19.6 Å². The predicted molar refractivity (Wildman–Crippen MR) is 115 cm³/mol. The number of hydrogen-bond donors (Lipinski definition) is 0. The largest absolute Gasteiger partial charge is 0.416 e. The Kier molecular flexibility index (Phi) is 6.86. The van der Waals surface area contributed by atoms with Gasteiger partial charge in [-0.25, -0.2) is 0 Å². The van der Waals surface area contributed by atoms with Crippen LogP contribution >= 0.6 is 12.4 Å². The Morgan fingerprint density at radius 2 is 1.69 bits per heavy atom. The second-order valence-corrected chi connectivity index (χ2v) is 7.56. The summed E-state index contributed by atoms with van der Waals surface area (Å²) in [7, 11) is 0. The van der Waals surface area contributed by atoms with E-state index in [9.17, 15) is 13.2 Å². The predicted octanol–water partition coefficient (Wildman–Crippen LogP) is 4.81. The molecular weight excluding hydrogens is 395 g/mol. The van der Waals surface area contributed by atoms with Crippen LogP contribution in [-0.4, -0.2) is 24.5 Å². The first kappa shape index (κ1) is 21.7. The van der Waals surface area contributed by atoms with Crippen molar-refractivity contribution < 1.29 is 13.2 Å². The summed E-state index contributed by atoms with van der Waals surface area (Å²) in [6.45, 7) is 2.64. The summed E-state index contributed by atoms with van der Waals surface area (Å²) >= 11 is 0. The minimum atomic E-state index is -4.29. The zero-order valence-corrected chi connectivity index (χ0v) is 17.0. The summed E-state index contributed by atoms with van der Waals surface area (Å²) in [5.74, 6) is 0. The smallest absolute Gasteiger partial charge is 0.299 e. The number of hydrogen-bond acceptors (Lipinski definition) is 1. The number of nitrogens with zero attached hydrogens (tertiary/aromatic N) is 1. The maximum absolute atomic E-state index is 12.9. The SMILES string of the molecule is Cl.FC(F)(F)c1cccc(C2=CCN(CCc3ccc4c(c3)=CCCC=4)CC2)c1. The number of alkyl halides is 3. The Morgan fingerprint density at radius 1 is 0.897 bits per heavy atom. The Balaban J connectivity index is 0.00000240. The summed E-state index contributed by atoms with van der Waals surface area (Å²) < 4.78 is 38.8. The molecule has 2 aliphatic rings. The minimum Gasteiger partial charge on any atom is -0.299 e. The highest BCUT2D eigenvalue weighted by Gasteiger charge is 2.30. The van der Waals surface area contributed by atoms with Gasteiger partial charge >= 0.3 is 6.18 Å². The van der Waals surface area contributed by atoms with Gasteiger partial charge in [-0.1, -0.05) is 48.6 Å². The van der Waals surface area contributed by atoms with Gasteiger partial charge in [-0.05, 0) is 65.0 Å². The molecule has 154 valence electrons. The summed E-state index contributed by atoms with van der Waals surface area (Å²) in [5.41, 5.74) is 2.48. The van der Waals surface area contributed by atoms with Gasteiger partial charge in [0.2, 0.25) is 0 Å². The molecule has 4 rings (SSSR count). The van der Waals surface area contributed by atoms with Crippen molar-refractivity contribution in [1.29, 1.82) is 0 Å². The number of fused-ring (bicyclic) bond motifs is 1. The second kappa shape index (κ2) is 9.19. The van der Waals surface area contributed by atoms with E-state index < -0.39 is 11.7 Å². The highest BCUT2D eigenvalue weighted by molar-refractivity contribution is 5.85. The fourth-order valence-electron chi connectivity index (χ4n) is 3.98. The van der Waals surface area contributed by atoms with Crippen molar-refractivity contribution in [3.05, 3.63) is 75.7 Å². The highest BCUT2D eigenvalue weighted by Crippen LogP contribution is 2.32. The molecule has 0 unspecified atom stereocenters. The van der Waals surface area contributed by atoms with Gasteiger partial charge in [0.1, 0.15) is 0 Å². The fourth-order valence-corrected chi connectivity index (χ4v) is 3.98. The standard InChI is InChI=1S/C24H24F3N.ClH/c25-24(26,27)23-7-3-6-22(17-23)20-11-14-28(15-12-20)13-10-18-8-9-19-4-1-2-5-21(19)16-18;/h3-9,11,16-17H,1-2,10,12-15H2;1H. The van der Waals surface area contributed by atoms with E-state index in [0.717, 1.165) is 57.0 Å². The molecule has 1 nitrogen and oxygen atoms in total. The molecule has 0 saturated heterocycles. The Bertz CT molecular complexity index is 1010. The molecule has 0 aromatic heterocycles. The van der Waals surface area contributed by atoms with E-state index in [0.29, 0.717) is 5.56 Å². The lowest BCUT2D eigenvalue weighted by molar-refractivity contribution is -0.137. The molecule has 0 radical (unpaired) electrons. The van der Waals surface area contributed by atoms with Crippen LogP contribution in [0.25, 0.3) is 17.7 Å². The lowest BCUT2D eigenvalue weighted by atomic mass is 9.97. The minimum absolute atomic E-state index is 0. The van der Waals surface area contributed by atoms with Crippen LogP contribution in [-0.2, 0) is 12.6 Å². The Labute approximate surface area is 175 Å². The highest BCUT2D eigenvalue weighted by atomic mass is 35.5. The van der Waals surface area contributed by atoms with Gasteiger partial charge in [0.05, 0.1) is 5.56 Å². The van der Waals surface area contributed by atoms with Crippen molar-refractivity contribution in [2.24, 2.45) is 0 Å². The van der Waals surface area contributed by atoms with E-state index in [1.54, 1.807) is 6.07 Å². The van der Waals surface area contributed by atoms with Gasteiger partial charge < -0.3 is 0 Å². The summed E-state index contributed by atoms with van der Waals surface area (Å²) in [6.07, 6.45) is 6.41. The van der Waals surface area contributed by atoms with Gasteiger partial charge in [-0.2, -0.15) is 13.2 Å². The van der Waals surface area contributed by atoms with Crippen molar-refractivity contribution in [3.8, 4) is 0 Å². The topological polar surface area (TPSA) is 3.24 Å². The number of halogens is 4. The third kappa shape index (κ3) is 5.31. The van der Waals surface area contributed by atoms with E-state index in [1.165, 1.54) is 28.1 Å². The second-order valence-electron chi connectivity index (χ2n) is 7.56. The summed E-state index contributed by atoms with van der Waals surface area (Å²) in [6, 6.07) is 12.4. The molecule has 0 N–H and O–H groups in total. The van der Waals surface area contributed by atoms with Gasteiger partial charge in [0.15, 0.2) is 0 Å². The zero-order chi connectivity index (χ0) is 19.6. The summed E-state index contributed by atoms with van der Waals surface area (Å²) in [4.78, 5) is 2.37. The van der Waals surface area contributed by atoms with Gasteiger partial charge in [0.25, 0.3) is 0 Å². The van der Waals surface area contributed by atoms with Gasteiger partial charge in [0, 0.05) is 19.6 Å². The van der Waals surface area contributed by atoms with Crippen molar-refractivity contribution in [3.63, 3.8) is 0 Å². The molecule has 1 aliphatic carbocycles. The van der Waals surface area contributed by atoms with E-state index in [2.05, 4.69) is 41.3 Å².